The zero-order valence-electron chi connectivity index (χ0n) is 17.9. The van der Waals surface area contributed by atoms with Crippen molar-refractivity contribution in [2.24, 2.45) is 0 Å². The first-order valence-electron chi connectivity index (χ1n) is 10.5. The summed E-state index contributed by atoms with van der Waals surface area (Å²) in [6, 6.07) is 18.6. The van der Waals surface area contributed by atoms with Gasteiger partial charge < -0.3 is 9.80 Å². The van der Waals surface area contributed by atoms with Gasteiger partial charge in [0.1, 0.15) is 0 Å². The van der Waals surface area contributed by atoms with Gasteiger partial charge in [-0.1, -0.05) is 53.6 Å². The van der Waals surface area contributed by atoms with Gasteiger partial charge in [0.25, 0.3) is 0 Å². The van der Waals surface area contributed by atoms with Gasteiger partial charge in [-0.15, -0.1) is 10.2 Å². The lowest BCUT2D eigenvalue weighted by Gasteiger charge is -2.35. The minimum absolute atomic E-state index is 0.190. The zero-order chi connectivity index (χ0) is 21.1. The van der Waals surface area contributed by atoms with Gasteiger partial charge in [-0.25, -0.2) is 0 Å². The van der Waals surface area contributed by atoms with Crippen molar-refractivity contribution in [3.63, 3.8) is 0 Å². The van der Waals surface area contributed by atoms with Crippen molar-refractivity contribution in [3.05, 3.63) is 76.9 Å². The maximum atomic E-state index is 12.6. The first-order chi connectivity index (χ1) is 14.5. The molecule has 4 rings (SSSR count). The van der Waals surface area contributed by atoms with Gasteiger partial charge in [0, 0.05) is 31.7 Å². The van der Waals surface area contributed by atoms with Crippen LogP contribution in [0.4, 0.5) is 5.82 Å². The van der Waals surface area contributed by atoms with Crippen LogP contribution in [0, 0.1) is 20.8 Å². The Morgan fingerprint density at radius 3 is 2.17 bits per heavy atom. The monoisotopic (exact) mass is 400 g/mol. The van der Waals surface area contributed by atoms with Crippen molar-refractivity contribution in [3.8, 4) is 11.3 Å². The van der Waals surface area contributed by atoms with Gasteiger partial charge in [-0.3, -0.25) is 4.79 Å². The number of aromatic nitrogens is 2. The Labute approximate surface area is 178 Å². The van der Waals surface area contributed by atoms with Crippen molar-refractivity contribution >= 4 is 11.7 Å². The second kappa shape index (κ2) is 8.66. The highest BCUT2D eigenvalue weighted by Gasteiger charge is 2.22. The van der Waals surface area contributed by atoms with E-state index in [-0.39, 0.29) is 5.91 Å². The summed E-state index contributed by atoms with van der Waals surface area (Å²) >= 11 is 0. The number of hydrogen-bond acceptors (Lipinski definition) is 4. The average Bonchev–Trinajstić information content (AvgIpc) is 2.76. The third kappa shape index (κ3) is 4.51. The predicted molar refractivity (Wildman–Crippen MR) is 121 cm³/mol. The Morgan fingerprint density at radius 2 is 1.53 bits per heavy atom. The zero-order valence-corrected chi connectivity index (χ0v) is 17.9. The number of piperazine rings is 1. The van der Waals surface area contributed by atoms with Crippen LogP contribution in [0.2, 0.25) is 0 Å². The molecule has 0 aliphatic carbocycles. The molecule has 154 valence electrons. The summed E-state index contributed by atoms with van der Waals surface area (Å²) in [4.78, 5) is 16.8. The highest BCUT2D eigenvalue weighted by molar-refractivity contribution is 5.79. The first-order valence-corrected chi connectivity index (χ1v) is 10.5. The van der Waals surface area contributed by atoms with Crippen molar-refractivity contribution in [1.82, 2.24) is 15.1 Å². The standard InChI is InChI=1S/C25H28N4O/c1-18-4-7-21(8-5-18)17-25(30)29-14-12-28(13-15-29)24-11-10-23(26-27-24)22-9-6-19(2)16-20(22)3/h4-11,16H,12-15,17H2,1-3H3. The predicted octanol–water partition coefficient (Wildman–Crippen LogP) is 3.96. The Balaban J connectivity index is 1.35. The molecule has 0 saturated carbocycles. The largest absolute Gasteiger partial charge is 0.352 e. The first kappa shape index (κ1) is 20.1. The Morgan fingerprint density at radius 1 is 0.833 bits per heavy atom. The van der Waals surface area contributed by atoms with E-state index in [0.717, 1.165) is 35.7 Å². The fraction of sp³-hybridized carbons (Fsp3) is 0.320. The van der Waals surface area contributed by atoms with Crippen LogP contribution >= 0.6 is 0 Å². The molecule has 1 aliphatic rings. The molecule has 0 radical (unpaired) electrons. The minimum Gasteiger partial charge on any atom is -0.352 e. The third-order valence-electron chi connectivity index (χ3n) is 5.74. The van der Waals surface area contributed by atoms with Crippen LogP contribution < -0.4 is 4.90 Å². The number of aryl methyl sites for hydroxylation is 3. The topological polar surface area (TPSA) is 49.3 Å². The average molecular weight is 401 g/mol. The molecule has 1 fully saturated rings. The highest BCUT2D eigenvalue weighted by Crippen LogP contribution is 2.23. The van der Waals surface area contributed by atoms with E-state index in [0.29, 0.717) is 19.5 Å². The lowest BCUT2D eigenvalue weighted by Crippen LogP contribution is -2.49. The van der Waals surface area contributed by atoms with Crippen LogP contribution in [0.25, 0.3) is 11.3 Å². The number of hydrogen-bond donors (Lipinski definition) is 0. The van der Waals surface area contributed by atoms with E-state index in [1.54, 1.807) is 0 Å². The molecule has 5 heteroatoms. The quantitative estimate of drug-likeness (QED) is 0.665. The fourth-order valence-electron chi connectivity index (χ4n) is 3.92. The molecule has 2 aromatic carbocycles. The molecule has 1 saturated heterocycles. The van der Waals surface area contributed by atoms with Crippen LogP contribution in [0.5, 0.6) is 0 Å². The number of carbonyl (C=O) groups is 1. The van der Waals surface area contributed by atoms with Crippen molar-refractivity contribution in [2.75, 3.05) is 31.1 Å². The second-order valence-electron chi connectivity index (χ2n) is 8.13. The number of benzene rings is 2. The summed E-state index contributed by atoms with van der Waals surface area (Å²) in [5.41, 5.74) is 6.74. The molecule has 0 spiro atoms. The molecule has 5 nitrogen and oxygen atoms in total. The van der Waals surface area contributed by atoms with Gasteiger partial charge in [-0.2, -0.15) is 0 Å². The molecule has 0 N–H and O–H groups in total. The number of nitrogens with zero attached hydrogens (tertiary/aromatic N) is 4. The van der Waals surface area contributed by atoms with Crippen molar-refractivity contribution in [1.29, 1.82) is 0 Å². The molecule has 0 bridgehead atoms. The molecule has 30 heavy (non-hydrogen) atoms. The highest BCUT2D eigenvalue weighted by atomic mass is 16.2. The van der Waals surface area contributed by atoms with E-state index in [2.05, 4.69) is 66.2 Å². The lowest BCUT2D eigenvalue weighted by molar-refractivity contribution is -0.130. The summed E-state index contributed by atoms with van der Waals surface area (Å²) in [5.74, 6) is 1.06. The van der Waals surface area contributed by atoms with Gasteiger partial charge in [0.2, 0.25) is 5.91 Å². The molecule has 3 aromatic rings. The molecule has 0 unspecified atom stereocenters. The van der Waals surface area contributed by atoms with E-state index in [4.69, 9.17) is 0 Å². The molecular weight excluding hydrogens is 372 g/mol. The summed E-state index contributed by atoms with van der Waals surface area (Å²) in [6.07, 6.45) is 0.463. The SMILES string of the molecule is Cc1ccc(CC(=O)N2CCN(c3ccc(-c4ccc(C)cc4C)nn3)CC2)cc1. The lowest BCUT2D eigenvalue weighted by atomic mass is 10.0. The van der Waals surface area contributed by atoms with Gasteiger partial charge in [0.05, 0.1) is 12.1 Å². The van der Waals surface area contributed by atoms with E-state index in [1.807, 2.05) is 29.2 Å². The smallest absolute Gasteiger partial charge is 0.227 e. The van der Waals surface area contributed by atoms with Crippen molar-refractivity contribution < 1.29 is 4.79 Å². The normalized spacial score (nSPS) is 14.1. The van der Waals surface area contributed by atoms with Gasteiger partial charge >= 0.3 is 0 Å². The summed E-state index contributed by atoms with van der Waals surface area (Å²) in [7, 11) is 0. The van der Waals surface area contributed by atoms with Crippen LogP contribution in [0.1, 0.15) is 22.3 Å². The molecule has 0 atom stereocenters. The van der Waals surface area contributed by atoms with Gasteiger partial charge in [-0.05, 0) is 44.0 Å². The molecule has 1 amide bonds. The summed E-state index contributed by atoms with van der Waals surface area (Å²) < 4.78 is 0. The molecule has 1 aliphatic heterocycles. The molecular formula is C25H28N4O. The Hall–Kier alpha value is -3.21. The van der Waals surface area contributed by atoms with E-state index >= 15 is 0 Å². The van der Waals surface area contributed by atoms with Crippen LogP contribution in [0.15, 0.2) is 54.6 Å². The number of anilines is 1. The maximum Gasteiger partial charge on any atom is 0.227 e. The Kier molecular flexibility index (Phi) is 5.79. The van der Waals surface area contributed by atoms with Crippen LogP contribution in [0.3, 0.4) is 0 Å². The summed E-state index contributed by atoms with van der Waals surface area (Å²) in [6.45, 7) is 9.23. The maximum absolute atomic E-state index is 12.6. The third-order valence-corrected chi connectivity index (χ3v) is 5.74. The Bertz CT molecular complexity index is 1020. The van der Waals surface area contributed by atoms with Crippen LogP contribution in [-0.4, -0.2) is 47.2 Å². The summed E-state index contributed by atoms with van der Waals surface area (Å²) in [5, 5.41) is 8.92. The van der Waals surface area contributed by atoms with Gasteiger partial charge in [0.15, 0.2) is 5.82 Å². The van der Waals surface area contributed by atoms with Crippen LogP contribution in [-0.2, 0) is 11.2 Å². The second-order valence-corrected chi connectivity index (χ2v) is 8.13. The minimum atomic E-state index is 0.190. The van der Waals surface area contributed by atoms with E-state index in [9.17, 15) is 4.79 Å². The number of amides is 1. The fourth-order valence-corrected chi connectivity index (χ4v) is 3.92. The van der Waals surface area contributed by atoms with E-state index in [1.165, 1.54) is 16.7 Å². The van der Waals surface area contributed by atoms with E-state index < -0.39 is 0 Å². The van der Waals surface area contributed by atoms with Crippen molar-refractivity contribution in [2.45, 2.75) is 27.2 Å². The number of rotatable bonds is 4. The number of carbonyl (C=O) groups excluding carboxylic acids is 1. The molecule has 1 aromatic heterocycles. The molecule has 2 heterocycles.